The molecule has 0 bridgehead atoms. The number of thiophene rings is 1. The molecule has 0 fully saturated rings. The van der Waals surface area contributed by atoms with Gasteiger partial charge in [-0.25, -0.2) is 15.0 Å². The fourth-order valence-electron chi connectivity index (χ4n) is 9.43. The van der Waals surface area contributed by atoms with Gasteiger partial charge in [0.1, 0.15) is 0 Å². The first kappa shape index (κ1) is 31.4. The van der Waals surface area contributed by atoms with E-state index in [-0.39, 0.29) is 5.41 Å². The molecule has 10 aromatic rings. The molecular weight excluding hydrogens is 699 g/mol. The van der Waals surface area contributed by atoms with Crippen LogP contribution < -0.4 is 0 Å². The second-order valence-corrected chi connectivity index (χ2v) is 15.7. The summed E-state index contributed by atoms with van der Waals surface area (Å²) < 4.78 is 2.51. The molecule has 3 nitrogen and oxygen atoms in total. The van der Waals surface area contributed by atoms with Crippen molar-refractivity contribution >= 4 is 31.5 Å². The van der Waals surface area contributed by atoms with Crippen molar-refractivity contribution in [1.82, 2.24) is 15.0 Å². The van der Waals surface area contributed by atoms with Gasteiger partial charge < -0.3 is 0 Å². The smallest absolute Gasteiger partial charge is 0.164 e. The highest BCUT2D eigenvalue weighted by Crippen LogP contribution is 2.64. The van der Waals surface area contributed by atoms with Gasteiger partial charge in [-0.15, -0.1) is 11.3 Å². The zero-order chi connectivity index (χ0) is 36.8. The number of nitrogens with zero attached hydrogens (tertiary/aromatic N) is 3. The van der Waals surface area contributed by atoms with E-state index in [0.717, 1.165) is 22.3 Å². The minimum atomic E-state index is -0.379. The van der Waals surface area contributed by atoms with Crippen molar-refractivity contribution in [2.24, 2.45) is 0 Å². The molecule has 0 saturated heterocycles. The Balaban J connectivity index is 1.09. The zero-order valence-corrected chi connectivity index (χ0v) is 31.0. The van der Waals surface area contributed by atoms with Crippen molar-refractivity contribution < 1.29 is 0 Å². The van der Waals surface area contributed by atoms with E-state index in [1.165, 1.54) is 70.2 Å². The zero-order valence-electron chi connectivity index (χ0n) is 30.1. The van der Waals surface area contributed by atoms with Gasteiger partial charge in [0.15, 0.2) is 17.5 Å². The summed E-state index contributed by atoms with van der Waals surface area (Å²) in [6.07, 6.45) is 0. The molecule has 0 radical (unpaired) electrons. The molecule has 2 aliphatic carbocycles. The predicted molar refractivity (Wildman–Crippen MR) is 231 cm³/mol. The van der Waals surface area contributed by atoms with Crippen LogP contribution in [-0.4, -0.2) is 15.0 Å². The van der Waals surface area contributed by atoms with Crippen LogP contribution >= 0.6 is 11.3 Å². The lowest BCUT2D eigenvalue weighted by Crippen LogP contribution is -2.25. The van der Waals surface area contributed by atoms with Gasteiger partial charge in [-0.3, -0.25) is 0 Å². The molecule has 2 aromatic heterocycles. The third-order valence-corrected chi connectivity index (χ3v) is 13.0. The number of benzene rings is 8. The number of fused-ring (bicyclic) bond motifs is 14. The first-order chi connectivity index (χ1) is 27.8. The lowest BCUT2D eigenvalue weighted by atomic mass is 9.70. The Kier molecular flexibility index (Phi) is 6.72. The Morgan fingerprint density at radius 3 is 1.48 bits per heavy atom. The Bertz CT molecular complexity index is 3140. The Morgan fingerprint density at radius 1 is 0.339 bits per heavy atom. The molecule has 2 aliphatic rings. The van der Waals surface area contributed by atoms with E-state index in [1.807, 2.05) is 35.6 Å². The van der Waals surface area contributed by atoms with Gasteiger partial charge >= 0.3 is 0 Å². The van der Waals surface area contributed by atoms with Gasteiger partial charge in [0.2, 0.25) is 0 Å². The van der Waals surface area contributed by atoms with Crippen LogP contribution in [0.1, 0.15) is 22.3 Å². The van der Waals surface area contributed by atoms with Gasteiger partial charge in [-0.2, -0.15) is 0 Å². The maximum absolute atomic E-state index is 5.24. The molecule has 8 aromatic carbocycles. The second kappa shape index (κ2) is 12.0. The fraction of sp³-hybridized carbons (Fsp3) is 0.0192. The maximum Gasteiger partial charge on any atom is 0.164 e. The number of hydrogen-bond acceptors (Lipinski definition) is 4. The molecule has 0 saturated carbocycles. The van der Waals surface area contributed by atoms with Crippen LogP contribution in [0.3, 0.4) is 0 Å². The van der Waals surface area contributed by atoms with Crippen molar-refractivity contribution in [3.63, 3.8) is 0 Å². The summed E-state index contributed by atoms with van der Waals surface area (Å²) in [5, 5.41) is 2.40. The molecular formula is C52H31N3S. The van der Waals surface area contributed by atoms with Crippen molar-refractivity contribution in [2.75, 3.05) is 0 Å². The molecule has 56 heavy (non-hydrogen) atoms. The monoisotopic (exact) mass is 729 g/mol. The molecule has 4 heteroatoms. The van der Waals surface area contributed by atoms with E-state index < -0.39 is 0 Å². The lowest BCUT2D eigenvalue weighted by Gasteiger charge is -2.30. The highest BCUT2D eigenvalue weighted by atomic mass is 32.1. The normalized spacial score (nSPS) is 13.1. The van der Waals surface area contributed by atoms with Crippen molar-refractivity contribution in [2.45, 2.75) is 5.41 Å². The number of hydrogen-bond donors (Lipinski definition) is 0. The van der Waals surface area contributed by atoms with Gasteiger partial charge in [-0.05, 0) is 56.1 Å². The third-order valence-electron chi connectivity index (χ3n) is 11.8. The first-order valence-corrected chi connectivity index (χ1v) is 19.8. The minimum absolute atomic E-state index is 0.379. The summed E-state index contributed by atoms with van der Waals surface area (Å²) in [5.41, 5.74) is 15.6. The predicted octanol–water partition coefficient (Wildman–Crippen LogP) is 13.3. The molecule has 1 spiro atoms. The maximum atomic E-state index is 5.24. The summed E-state index contributed by atoms with van der Waals surface area (Å²) in [5.74, 6) is 1.98. The van der Waals surface area contributed by atoms with Gasteiger partial charge in [0, 0.05) is 42.4 Å². The van der Waals surface area contributed by atoms with Crippen LogP contribution in [0.25, 0.3) is 87.7 Å². The summed E-state index contributed by atoms with van der Waals surface area (Å²) in [4.78, 5) is 15.5. The van der Waals surface area contributed by atoms with Crippen molar-refractivity contribution in [3.05, 3.63) is 210 Å². The largest absolute Gasteiger partial charge is 0.208 e. The van der Waals surface area contributed by atoms with E-state index >= 15 is 0 Å². The van der Waals surface area contributed by atoms with Crippen LogP contribution in [0.2, 0.25) is 0 Å². The van der Waals surface area contributed by atoms with Gasteiger partial charge in [0.05, 0.1) is 5.41 Å². The lowest BCUT2D eigenvalue weighted by molar-refractivity contribution is 0.794. The van der Waals surface area contributed by atoms with Crippen LogP contribution in [0.4, 0.5) is 0 Å². The molecule has 0 amide bonds. The van der Waals surface area contributed by atoms with E-state index in [0.29, 0.717) is 17.5 Å². The summed E-state index contributed by atoms with van der Waals surface area (Å²) in [7, 11) is 0. The molecule has 2 heterocycles. The quantitative estimate of drug-likeness (QED) is 0.181. The van der Waals surface area contributed by atoms with Crippen LogP contribution in [0, 0.1) is 0 Å². The molecule has 0 aliphatic heterocycles. The number of aromatic nitrogens is 3. The summed E-state index contributed by atoms with van der Waals surface area (Å²) in [6, 6.07) is 67.6. The Hall–Kier alpha value is -7.01. The standard InChI is InChI=1S/C52H31N3S/c1-3-14-32(15-4-1)33-26-28-35(29-27-33)50-53-49(34-16-5-2-6-17-34)54-51(55-50)40-21-13-25-45-46(40)39-30-31-44-47(48(39)56-45)38-20-9-12-24-43(38)52(44)41-22-10-7-18-36(41)37-19-8-11-23-42(37)52/h1-31H. The van der Waals surface area contributed by atoms with Gasteiger partial charge in [-0.1, -0.05) is 182 Å². The summed E-state index contributed by atoms with van der Waals surface area (Å²) in [6.45, 7) is 0. The fourth-order valence-corrected chi connectivity index (χ4v) is 10.7. The molecule has 0 atom stereocenters. The van der Waals surface area contributed by atoms with E-state index in [1.54, 1.807) is 0 Å². The Labute approximate surface area is 328 Å². The number of rotatable bonds is 4. The second-order valence-electron chi connectivity index (χ2n) is 14.6. The molecule has 260 valence electrons. The molecule has 0 N–H and O–H groups in total. The Morgan fingerprint density at radius 2 is 0.821 bits per heavy atom. The van der Waals surface area contributed by atoms with Crippen LogP contribution in [-0.2, 0) is 5.41 Å². The highest BCUT2D eigenvalue weighted by Gasteiger charge is 2.52. The van der Waals surface area contributed by atoms with E-state index in [4.69, 9.17) is 15.0 Å². The SMILES string of the molecule is c1ccc(-c2ccc(-c3nc(-c4ccccc4)nc(-c4cccc5sc6c7c(ccc6c45)C4(c5ccccc5-c5ccccc54)c4ccccc4-7)n3)cc2)cc1. The van der Waals surface area contributed by atoms with Crippen LogP contribution in [0.15, 0.2) is 188 Å². The molecule has 12 rings (SSSR count). The average Bonchev–Trinajstić information content (AvgIpc) is 3.91. The highest BCUT2D eigenvalue weighted by molar-refractivity contribution is 7.26. The molecule has 0 unspecified atom stereocenters. The van der Waals surface area contributed by atoms with Gasteiger partial charge in [0.25, 0.3) is 0 Å². The van der Waals surface area contributed by atoms with Crippen LogP contribution in [0.5, 0.6) is 0 Å². The first-order valence-electron chi connectivity index (χ1n) is 19.0. The van der Waals surface area contributed by atoms with E-state index in [2.05, 4.69) is 164 Å². The minimum Gasteiger partial charge on any atom is -0.208 e. The third kappa shape index (κ3) is 4.36. The summed E-state index contributed by atoms with van der Waals surface area (Å²) >= 11 is 1.87. The van der Waals surface area contributed by atoms with Crippen molar-refractivity contribution in [3.8, 4) is 67.5 Å². The van der Waals surface area contributed by atoms with E-state index in [9.17, 15) is 0 Å². The average molecular weight is 730 g/mol. The topological polar surface area (TPSA) is 38.7 Å². The van der Waals surface area contributed by atoms with Crippen molar-refractivity contribution in [1.29, 1.82) is 0 Å².